The monoisotopic (exact) mass is 191 g/mol. The molecule has 0 saturated carbocycles. The molecule has 1 aliphatic rings. The number of carbonyl (C=O) groups excluding carboxylic acids is 1. The maximum absolute atomic E-state index is 11.7. The molecule has 0 radical (unpaired) electrons. The number of nitrogens with zero attached hydrogens (tertiary/aromatic N) is 1. The standard InChI is InChI=1S/C11H13NO2/c1-14-10-7-8-12(11(10)13)9-5-3-2-4-6-9/h2-6,10H,7-8H2,1H3. The Kier molecular flexibility index (Phi) is 2.50. The second kappa shape index (κ2) is 3.80. The number of benzene rings is 1. The molecule has 1 saturated heterocycles. The summed E-state index contributed by atoms with van der Waals surface area (Å²) in [5, 5.41) is 0. The van der Waals surface area contributed by atoms with E-state index in [0.29, 0.717) is 0 Å². The Morgan fingerprint density at radius 2 is 2.07 bits per heavy atom. The van der Waals surface area contributed by atoms with Crippen LogP contribution in [0.5, 0.6) is 0 Å². The zero-order valence-electron chi connectivity index (χ0n) is 8.14. The largest absolute Gasteiger partial charge is 0.372 e. The molecule has 0 spiro atoms. The second-order valence-corrected chi connectivity index (χ2v) is 3.34. The van der Waals surface area contributed by atoms with Crippen LogP contribution in [0.2, 0.25) is 0 Å². The van der Waals surface area contributed by atoms with Gasteiger partial charge in [0, 0.05) is 25.8 Å². The van der Waals surface area contributed by atoms with Crippen LogP contribution in [0, 0.1) is 0 Å². The predicted molar refractivity (Wildman–Crippen MR) is 54.2 cm³/mol. The lowest BCUT2D eigenvalue weighted by molar-refractivity contribution is -0.125. The van der Waals surface area contributed by atoms with Crippen molar-refractivity contribution in [3.05, 3.63) is 30.3 Å². The van der Waals surface area contributed by atoms with Crippen molar-refractivity contribution in [2.45, 2.75) is 12.5 Å². The van der Waals surface area contributed by atoms with Crippen molar-refractivity contribution in [1.29, 1.82) is 0 Å². The van der Waals surface area contributed by atoms with Crippen LogP contribution in [-0.2, 0) is 9.53 Å². The lowest BCUT2D eigenvalue weighted by Gasteiger charge is -2.15. The molecule has 0 aliphatic carbocycles. The SMILES string of the molecule is COC1CCN(c2ccccc2)C1=O. The van der Waals surface area contributed by atoms with E-state index in [1.165, 1.54) is 0 Å². The van der Waals surface area contributed by atoms with Gasteiger partial charge in [0.05, 0.1) is 0 Å². The average Bonchev–Trinajstić information content (AvgIpc) is 2.61. The fraction of sp³-hybridized carbons (Fsp3) is 0.364. The van der Waals surface area contributed by atoms with Crippen molar-refractivity contribution in [3.8, 4) is 0 Å². The first-order chi connectivity index (χ1) is 6.83. The molecule has 1 heterocycles. The lowest BCUT2D eigenvalue weighted by Crippen LogP contribution is -2.29. The molecule has 14 heavy (non-hydrogen) atoms. The minimum atomic E-state index is -0.254. The highest BCUT2D eigenvalue weighted by Gasteiger charge is 2.32. The molecule has 2 rings (SSSR count). The Morgan fingerprint density at radius 3 is 2.64 bits per heavy atom. The molecular weight excluding hydrogens is 178 g/mol. The number of amides is 1. The molecule has 74 valence electrons. The number of hydrogen-bond acceptors (Lipinski definition) is 2. The molecule has 1 amide bonds. The lowest BCUT2D eigenvalue weighted by atomic mass is 10.3. The smallest absolute Gasteiger partial charge is 0.256 e. The summed E-state index contributed by atoms with van der Waals surface area (Å²) in [4.78, 5) is 13.5. The van der Waals surface area contributed by atoms with E-state index in [1.807, 2.05) is 30.3 Å². The van der Waals surface area contributed by atoms with Gasteiger partial charge in [-0.15, -0.1) is 0 Å². The number of ether oxygens (including phenoxy) is 1. The number of carbonyl (C=O) groups is 1. The van der Waals surface area contributed by atoms with Gasteiger partial charge in [-0.3, -0.25) is 4.79 Å². The third-order valence-electron chi connectivity index (χ3n) is 2.51. The molecule has 1 atom stereocenters. The van der Waals surface area contributed by atoms with Gasteiger partial charge in [-0.25, -0.2) is 0 Å². The Labute approximate surface area is 83.3 Å². The van der Waals surface area contributed by atoms with Crippen LogP contribution in [-0.4, -0.2) is 25.7 Å². The van der Waals surface area contributed by atoms with Gasteiger partial charge in [0.15, 0.2) is 0 Å². The molecular formula is C11H13NO2. The summed E-state index contributed by atoms with van der Waals surface area (Å²) in [5.41, 5.74) is 0.956. The third kappa shape index (κ3) is 1.51. The molecule has 0 N–H and O–H groups in total. The first kappa shape index (κ1) is 9.21. The number of para-hydroxylation sites is 1. The second-order valence-electron chi connectivity index (χ2n) is 3.34. The van der Waals surface area contributed by atoms with Gasteiger partial charge in [-0.05, 0) is 12.1 Å². The maximum Gasteiger partial charge on any atom is 0.256 e. The van der Waals surface area contributed by atoms with Crippen LogP contribution in [0.15, 0.2) is 30.3 Å². The van der Waals surface area contributed by atoms with Crippen molar-refractivity contribution in [2.75, 3.05) is 18.6 Å². The Bertz CT molecular complexity index is 323. The average molecular weight is 191 g/mol. The number of hydrogen-bond donors (Lipinski definition) is 0. The highest BCUT2D eigenvalue weighted by molar-refractivity contribution is 5.98. The quantitative estimate of drug-likeness (QED) is 0.708. The van der Waals surface area contributed by atoms with Gasteiger partial charge >= 0.3 is 0 Å². The van der Waals surface area contributed by atoms with E-state index in [0.717, 1.165) is 18.7 Å². The molecule has 1 aromatic rings. The molecule has 3 heteroatoms. The topological polar surface area (TPSA) is 29.5 Å². The fourth-order valence-corrected chi connectivity index (χ4v) is 1.74. The molecule has 0 aromatic heterocycles. The molecule has 1 unspecified atom stereocenters. The van der Waals surface area contributed by atoms with E-state index in [2.05, 4.69) is 0 Å². The Balaban J connectivity index is 2.18. The van der Waals surface area contributed by atoms with Crippen LogP contribution in [0.4, 0.5) is 5.69 Å². The zero-order chi connectivity index (χ0) is 9.97. The summed E-state index contributed by atoms with van der Waals surface area (Å²) >= 11 is 0. The van der Waals surface area contributed by atoms with Crippen molar-refractivity contribution < 1.29 is 9.53 Å². The van der Waals surface area contributed by atoms with Crippen LogP contribution >= 0.6 is 0 Å². The highest BCUT2D eigenvalue weighted by atomic mass is 16.5. The van der Waals surface area contributed by atoms with Crippen molar-refractivity contribution in [1.82, 2.24) is 0 Å². The fourth-order valence-electron chi connectivity index (χ4n) is 1.74. The summed E-state index contributed by atoms with van der Waals surface area (Å²) in [6.07, 6.45) is 0.528. The number of rotatable bonds is 2. The minimum Gasteiger partial charge on any atom is -0.372 e. The minimum absolute atomic E-state index is 0.0682. The van der Waals surface area contributed by atoms with Crippen LogP contribution < -0.4 is 4.90 Å². The Hall–Kier alpha value is -1.35. The zero-order valence-corrected chi connectivity index (χ0v) is 8.14. The van der Waals surface area contributed by atoms with E-state index in [-0.39, 0.29) is 12.0 Å². The van der Waals surface area contributed by atoms with Gasteiger partial charge in [0.2, 0.25) is 0 Å². The molecule has 1 aliphatic heterocycles. The first-order valence-corrected chi connectivity index (χ1v) is 4.72. The summed E-state index contributed by atoms with van der Waals surface area (Å²) in [5.74, 6) is 0.0682. The van der Waals surface area contributed by atoms with E-state index in [9.17, 15) is 4.79 Å². The highest BCUT2D eigenvalue weighted by Crippen LogP contribution is 2.21. The van der Waals surface area contributed by atoms with Crippen LogP contribution in [0.3, 0.4) is 0 Å². The number of anilines is 1. The van der Waals surface area contributed by atoms with Crippen molar-refractivity contribution >= 4 is 11.6 Å². The Morgan fingerprint density at radius 1 is 1.36 bits per heavy atom. The normalized spacial score (nSPS) is 21.6. The molecule has 3 nitrogen and oxygen atoms in total. The molecule has 1 fully saturated rings. The van der Waals surface area contributed by atoms with Crippen molar-refractivity contribution in [3.63, 3.8) is 0 Å². The van der Waals surface area contributed by atoms with E-state index in [1.54, 1.807) is 12.0 Å². The summed E-state index contributed by atoms with van der Waals surface area (Å²) in [6.45, 7) is 0.751. The van der Waals surface area contributed by atoms with E-state index < -0.39 is 0 Å². The van der Waals surface area contributed by atoms with Crippen LogP contribution in [0.25, 0.3) is 0 Å². The third-order valence-corrected chi connectivity index (χ3v) is 2.51. The summed E-state index contributed by atoms with van der Waals surface area (Å²) in [7, 11) is 1.58. The number of methoxy groups -OCH3 is 1. The van der Waals surface area contributed by atoms with E-state index in [4.69, 9.17) is 4.74 Å². The van der Waals surface area contributed by atoms with Crippen molar-refractivity contribution in [2.24, 2.45) is 0 Å². The van der Waals surface area contributed by atoms with Crippen LogP contribution in [0.1, 0.15) is 6.42 Å². The summed E-state index contributed by atoms with van der Waals surface area (Å²) < 4.78 is 5.08. The van der Waals surface area contributed by atoms with Gasteiger partial charge in [-0.1, -0.05) is 18.2 Å². The first-order valence-electron chi connectivity index (χ1n) is 4.72. The molecule has 0 bridgehead atoms. The molecule has 1 aromatic carbocycles. The summed E-state index contributed by atoms with van der Waals surface area (Å²) in [6, 6.07) is 9.69. The maximum atomic E-state index is 11.7. The predicted octanol–water partition coefficient (Wildman–Crippen LogP) is 1.44. The van der Waals surface area contributed by atoms with Gasteiger partial charge in [-0.2, -0.15) is 0 Å². The van der Waals surface area contributed by atoms with Gasteiger partial charge < -0.3 is 9.64 Å². The van der Waals surface area contributed by atoms with Gasteiger partial charge in [0.25, 0.3) is 5.91 Å². The van der Waals surface area contributed by atoms with E-state index >= 15 is 0 Å². The van der Waals surface area contributed by atoms with Gasteiger partial charge in [0.1, 0.15) is 6.10 Å².